The average Bonchev–Trinajstić information content (AvgIpc) is 2.96. The minimum atomic E-state index is -0.657. The van der Waals surface area contributed by atoms with Crippen molar-refractivity contribution in [1.29, 1.82) is 0 Å². The molecule has 0 aromatic rings. The Morgan fingerprint density at radius 1 is 0.575 bits per heavy atom. The van der Waals surface area contributed by atoms with Crippen LogP contribution in [0.3, 0.4) is 0 Å². The second-order valence-electron chi connectivity index (χ2n) is 12.3. The molecule has 0 fully saturated rings. The number of carbonyl (C=O) groups is 1. The summed E-state index contributed by atoms with van der Waals surface area (Å²) in [6, 6.07) is -0.534. The Morgan fingerprint density at radius 3 is 1.43 bits per heavy atom. The van der Waals surface area contributed by atoms with Crippen molar-refractivity contribution in [2.75, 3.05) is 6.61 Å². The summed E-state index contributed by atoms with van der Waals surface area (Å²) in [5, 5.41) is 23.0. The molecule has 0 aliphatic rings. The summed E-state index contributed by atoms with van der Waals surface area (Å²) in [5.41, 5.74) is 0. The van der Waals surface area contributed by atoms with Gasteiger partial charge in [0.1, 0.15) is 0 Å². The summed E-state index contributed by atoms with van der Waals surface area (Å²) >= 11 is 0. The van der Waals surface area contributed by atoms with E-state index in [1.54, 1.807) is 0 Å². The summed E-state index contributed by atoms with van der Waals surface area (Å²) < 4.78 is 0. The van der Waals surface area contributed by atoms with Gasteiger partial charge in [0.05, 0.1) is 18.8 Å². The largest absolute Gasteiger partial charge is 0.394 e. The second kappa shape index (κ2) is 32.6. The number of unbranched alkanes of at least 4 members (excludes halogenated alkanes) is 23. The van der Waals surface area contributed by atoms with Gasteiger partial charge < -0.3 is 15.5 Å². The molecule has 2 atom stereocenters. The first-order valence-electron chi connectivity index (χ1n) is 17.9. The van der Waals surface area contributed by atoms with Crippen molar-refractivity contribution in [3.8, 4) is 0 Å². The lowest BCUT2D eigenvalue weighted by atomic mass is 10.0. The number of rotatable bonds is 32. The molecule has 0 saturated carbocycles. The highest BCUT2D eigenvalue weighted by atomic mass is 16.3. The van der Waals surface area contributed by atoms with Crippen LogP contribution in [0.25, 0.3) is 0 Å². The van der Waals surface area contributed by atoms with E-state index in [2.05, 4.69) is 31.3 Å². The number of hydrogen-bond donors (Lipinski definition) is 3. The maximum absolute atomic E-state index is 12.3. The first-order valence-corrected chi connectivity index (χ1v) is 17.9. The zero-order valence-electron chi connectivity index (χ0n) is 27.1. The summed E-state index contributed by atoms with van der Waals surface area (Å²) in [4.78, 5) is 12.3. The highest BCUT2D eigenvalue weighted by Gasteiger charge is 2.19. The van der Waals surface area contributed by atoms with Crippen molar-refractivity contribution in [2.24, 2.45) is 0 Å². The highest BCUT2D eigenvalue weighted by molar-refractivity contribution is 5.76. The van der Waals surface area contributed by atoms with Crippen LogP contribution in [0.4, 0.5) is 0 Å². The Hall–Kier alpha value is -0.870. The van der Waals surface area contributed by atoms with Gasteiger partial charge in [-0.3, -0.25) is 4.79 Å². The van der Waals surface area contributed by atoms with Crippen LogP contribution in [0.15, 0.2) is 12.2 Å². The number of amides is 1. The highest BCUT2D eigenvalue weighted by Crippen LogP contribution is 2.15. The SMILES string of the molecule is CCCCC/C=C\CCCCCCCC(=O)NC(CO)C(O)CCCCCCCCCCCCCCCCCC. The van der Waals surface area contributed by atoms with Gasteiger partial charge in [0.25, 0.3) is 0 Å². The third-order valence-electron chi connectivity index (χ3n) is 8.28. The number of aliphatic hydroxyl groups is 2. The fraction of sp³-hybridized carbons (Fsp3) is 0.917. The molecule has 40 heavy (non-hydrogen) atoms. The Labute approximate surface area is 250 Å². The smallest absolute Gasteiger partial charge is 0.220 e. The van der Waals surface area contributed by atoms with E-state index in [0.717, 1.165) is 25.7 Å². The Bertz CT molecular complexity index is 536. The van der Waals surface area contributed by atoms with Gasteiger partial charge in [-0.25, -0.2) is 0 Å². The lowest BCUT2D eigenvalue weighted by Crippen LogP contribution is -2.45. The van der Waals surface area contributed by atoms with Gasteiger partial charge >= 0.3 is 0 Å². The molecule has 4 heteroatoms. The maximum atomic E-state index is 12.3. The molecule has 0 saturated heterocycles. The summed E-state index contributed by atoms with van der Waals surface area (Å²) in [6.45, 7) is 4.32. The fourth-order valence-electron chi connectivity index (χ4n) is 5.47. The molecule has 0 rings (SSSR count). The number of aliphatic hydroxyl groups excluding tert-OH is 2. The predicted molar refractivity (Wildman–Crippen MR) is 175 cm³/mol. The summed E-state index contributed by atoms with van der Waals surface area (Å²) in [7, 11) is 0. The zero-order chi connectivity index (χ0) is 29.4. The van der Waals surface area contributed by atoms with Crippen molar-refractivity contribution >= 4 is 5.91 Å². The van der Waals surface area contributed by atoms with E-state index < -0.39 is 12.1 Å². The monoisotopic (exact) mass is 566 g/mol. The molecule has 0 aliphatic carbocycles. The van der Waals surface area contributed by atoms with Crippen LogP contribution in [0.5, 0.6) is 0 Å². The fourth-order valence-corrected chi connectivity index (χ4v) is 5.47. The molecule has 0 aromatic heterocycles. The van der Waals surface area contributed by atoms with Gasteiger partial charge in [-0.05, 0) is 38.5 Å². The van der Waals surface area contributed by atoms with Crippen molar-refractivity contribution in [3.05, 3.63) is 12.2 Å². The van der Waals surface area contributed by atoms with Gasteiger partial charge in [0.15, 0.2) is 0 Å². The topological polar surface area (TPSA) is 69.6 Å². The van der Waals surface area contributed by atoms with Gasteiger partial charge in [0, 0.05) is 6.42 Å². The molecule has 0 bridgehead atoms. The van der Waals surface area contributed by atoms with Crippen molar-refractivity contribution < 1.29 is 15.0 Å². The molecule has 0 spiro atoms. The van der Waals surface area contributed by atoms with Crippen molar-refractivity contribution in [3.63, 3.8) is 0 Å². The third-order valence-corrected chi connectivity index (χ3v) is 8.28. The number of carbonyl (C=O) groups excluding carboxylic acids is 1. The Kier molecular flexibility index (Phi) is 31.9. The zero-order valence-corrected chi connectivity index (χ0v) is 27.1. The van der Waals surface area contributed by atoms with Crippen LogP contribution in [-0.2, 0) is 4.79 Å². The van der Waals surface area contributed by atoms with Crippen LogP contribution < -0.4 is 5.32 Å². The molecule has 3 N–H and O–H groups in total. The molecule has 2 unspecified atom stereocenters. The third kappa shape index (κ3) is 28.7. The average molecular weight is 566 g/mol. The van der Waals surface area contributed by atoms with Crippen molar-refractivity contribution in [2.45, 2.75) is 206 Å². The molecule has 4 nitrogen and oxygen atoms in total. The molecule has 0 heterocycles. The maximum Gasteiger partial charge on any atom is 0.220 e. The van der Waals surface area contributed by atoms with Crippen molar-refractivity contribution in [1.82, 2.24) is 5.32 Å². The Morgan fingerprint density at radius 2 is 0.950 bits per heavy atom. The Balaban J connectivity index is 3.56. The minimum absolute atomic E-state index is 0.0416. The summed E-state index contributed by atoms with van der Waals surface area (Å²) in [5.74, 6) is -0.0416. The van der Waals surface area contributed by atoms with Crippen LogP contribution in [-0.4, -0.2) is 34.9 Å². The quantitative estimate of drug-likeness (QED) is 0.0561. The van der Waals surface area contributed by atoms with E-state index >= 15 is 0 Å². The standard InChI is InChI=1S/C36H71NO3/c1-3-5-7-9-11-13-15-17-18-19-20-21-23-25-27-29-31-35(39)34(33-38)37-36(40)32-30-28-26-24-22-16-14-12-10-8-6-4-2/h12,14,34-35,38-39H,3-11,13,15-33H2,1-2H3,(H,37,40)/b14-12-. The van der Waals surface area contributed by atoms with E-state index in [9.17, 15) is 15.0 Å². The molecular formula is C36H71NO3. The lowest BCUT2D eigenvalue weighted by molar-refractivity contribution is -0.123. The molecule has 238 valence electrons. The first-order chi connectivity index (χ1) is 19.7. The predicted octanol–water partition coefficient (Wildman–Crippen LogP) is 10.3. The van der Waals surface area contributed by atoms with E-state index in [0.29, 0.717) is 12.8 Å². The minimum Gasteiger partial charge on any atom is -0.394 e. The van der Waals surface area contributed by atoms with E-state index in [1.165, 1.54) is 141 Å². The van der Waals surface area contributed by atoms with Gasteiger partial charge in [0.2, 0.25) is 5.91 Å². The molecule has 0 aliphatic heterocycles. The molecule has 0 aromatic carbocycles. The normalized spacial score (nSPS) is 13.2. The van der Waals surface area contributed by atoms with Crippen LogP contribution in [0.2, 0.25) is 0 Å². The van der Waals surface area contributed by atoms with Gasteiger partial charge in [-0.1, -0.05) is 161 Å². The van der Waals surface area contributed by atoms with Crippen LogP contribution in [0, 0.1) is 0 Å². The van der Waals surface area contributed by atoms with Crippen LogP contribution in [0.1, 0.15) is 194 Å². The first kappa shape index (κ1) is 39.1. The van der Waals surface area contributed by atoms with Gasteiger partial charge in [-0.2, -0.15) is 0 Å². The molecule has 0 radical (unpaired) electrons. The van der Waals surface area contributed by atoms with E-state index in [4.69, 9.17) is 0 Å². The van der Waals surface area contributed by atoms with E-state index in [1.807, 2.05) is 0 Å². The second-order valence-corrected chi connectivity index (χ2v) is 12.3. The van der Waals surface area contributed by atoms with E-state index in [-0.39, 0.29) is 12.5 Å². The molecule has 1 amide bonds. The van der Waals surface area contributed by atoms with Crippen LogP contribution >= 0.6 is 0 Å². The molecular weight excluding hydrogens is 494 g/mol. The van der Waals surface area contributed by atoms with Gasteiger partial charge in [-0.15, -0.1) is 0 Å². The summed E-state index contributed by atoms with van der Waals surface area (Å²) in [6.07, 6.45) is 38.3. The lowest BCUT2D eigenvalue weighted by Gasteiger charge is -2.22. The number of allylic oxidation sites excluding steroid dienone is 2. The number of hydrogen-bond acceptors (Lipinski definition) is 3. The number of nitrogens with one attached hydrogen (secondary N) is 1.